The predicted molar refractivity (Wildman–Crippen MR) is 75.6 cm³/mol. The molecule has 0 aromatic rings. The van der Waals surface area contributed by atoms with Crippen LogP contribution in [0.2, 0.25) is 0 Å². The van der Waals surface area contributed by atoms with Crippen molar-refractivity contribution in [3.05, 3.63) is 0 Å². The van der Waals surface area contributed by atoms with Crippen LogP contribution in [0.4, 0.5) is 0 Å². The molecular formula is C16H23NO4. The first-order valence-electron chi connectivity index (χ1n) is 7.89. The molecule has 2 aliphatic carbocycles. The van der Waals surface area contributed by atoms with Gasteiger partial charge in [0.2, 0.25) is 0 Å². The summed E-state index contributed by atoms with van der Waals surface area (Å²) in [6, 6.07) is -0.0191. The molecule has 3 fully saturated rings. The average molecular weight is 293 g/mol. The molecule has 5 heteroatoms. The Balaban J connectivity index is 2.07. The van der Waals surface area contributed by atoms with Gasteiger partial charge in [0, 0.05) is 30.8 Å². The molecule has 21 heavy (non-hydrogen) atoms. The number of methoxy groups -OCH3 is 1. The molecule has 0 N–H and O–H groups in total. The number of carbonyl (C=O) groups is 3. The van der Waals surface area contributed by atoms with Gasteiger partial charge in [-0.25, -0.2) is 0 Å². The van der Waals surface area contributed by atoms with Crippen LogP contribution in [0.3, 0.4) is 0 Å². The molecule has 5 nitrogen and oxygen atoms in total. The lowest BCUT2D eigenvalue weighted by Crippen LogP contribution is -2.70. The first-order valence-corrected chi connectivity index (χ1v) is 7.89. The maximum absolute atomic E-state index is 13.2. The first kappa shape index (κ1) is 14.7. The van der Waals surface area contributed by atoms with Gasteiger partial charge in [-0.2, -0.15) is 0 Å². The normalized spacial score (nSPS) is 39.8. The smallest absolute Gasteiger partial charge is 0.320 e. The van der Waals surface area contributed by atoms with Crippen LogP contribution in [0.1, 0.15) is 45.4 Å². The van der Waals surface area contributed by atoms with Crippen molar-refractivity contribution < 1.29 is 19.1 Å². The van der Waals surface area contributed by atoms with E-state index >= 15 is 0 Å². The third-order valence-electron chi connectivity index (χ3n) is 5.92. The fourth-order valence-electron chi connectivity index (χ4n) is 4.88. The van der Waals surface area contributed by atoms with Crippen molar-refractivity contribution in [3.63, 3.8) is 0 Å². The molecule has 3 atom stereocenters. The molecule has 1 heterocycles. The standard InChI is InChI=1S/C16H23NO4/c1-3-17-10-16(14(20)21-2)7-4-6-15(13(16)19)8-5-11(18)9-12(15)17/h12H,3-10H2,1-2H3. The third-order valence-corrected chi connectivity index (χ3v) is 5.92. The van der Waals surface area contributed by atoms with Crippen LogP contribution < -0.4 is 0 Å². The van der Waals surface area contributed by atoms with E-state index in [0.717, 1.165) is 19.4 Å². The molecule has 3 aliphatic rings. The number of Topliss-reactive ketones (excluding diaryl/α,β-unsaturated/α-hetero) is 2. The fourth-order valence-corrected chi connectivity index (χ4v) is 4.88. The average Bonchev–Trinajstić information content (AvgIpc) is 2.48. The van der Waals surface area contributed by atoms with Crippen molar-refractivity contribution in [2.45, 2.75) is 51.5 Å². The maximum Gasteiger partial charge on any atom is 0.320 e. The Morgan fingerprint density at radius 1 is 1.33 bits per heavy atom. The molecular weight excluding hydrogens is 270 g/mol. The van der Waals surface area contributed by atoms with Gasteiger partial charge in [-0.05, 0) is 25.8 Å². The van der Waals surface area contributed by atoms with E-state index in [1.54, 1.807) is 0 Å². The van der Waals surface area contributed by atoms with Crippen LogP contribution in [0, 0.1) is 10.8 Å². The number of fused-ring (bicyclic) bond motifs is 1. The van der Waals surface area contributed by atoms with Gasteiger partial charge in [0.25, 0.3) is 0 Å². The van der Waals surface area contributed by atoms with E-state index in [1.165, 1.54) is 7.11 Å². The second-order valence-corrected chi connectivity index (χ2v) is 6.73. The number of piperidine rings is 1. The number of rotatable bonds is 2. The van der Waals surface area contributed by atoms with Crippen LogP contribution in [0.25, 0.3) is 0 Å². The second kappa shape index (κ2) is 4.90. The molecule has 3 unspecified atom stereocenters. The summed E-state index contributed by atoms with van der Waals surface area (Å²) in [6.45, 7) is 3.20. The third kappa shape index (κ3) is 1.83. The molecule has 3 rings (SSSR count). The molecule has 1 aliphatic heterocycles. The molecule has 116 valence electrons. The van der Waals surface area contributed by atoms with E-state index in [0.29, 0.717) is 32.2 Å². The van der Waals surface area contributed by atoms with Crippen LogP contribution in [-0.4, -0.2) is 48.7 Å². The Morgan fingerprint density at radius 3 is 2.76 bits per heavy atom. The highest BCUT2D eigenvalue weighted by molar-refractivity contribution is 6.09. The van der Waals surface area contributed by atoms with Gasteiger partial charge < -0.3 is 4.74 Å². The largest absolute Gasteiger partial charge is 0.468 e. The molecule has 2 bridgehead atoms. The molecule has 1 spiro atoms. The van der Waals surface area contributed by atoms with Crippen LogP contribution in [0.5, 0.6) is 0 Å². The summed E-state index contributed by atoms with van der Waals surface area (Å²) in [5, 5.41) is 0. The minimum Gasteiger partial charge on any atom is -0.468 e. The lowest BCUT2D eigenvalue weighted by molar-refractivity contribution is -0.183. The highest BCUT2D eigenvalue weighted by atomic mass is 16.5. The summed E-state index contributed by atoms with van der Waals surface area (Å²) in [4.78, 5) is 39.6. The molecule has 0 aromatic heterocycles. The maximum atomic E-state index is 13.2. The highest BCUT2D eigenvalue weighted by Gasteiger charge is 2.66. The lowest BCUT2D eigenvalue weighted by atomic mass is 9.51. The van der Waals surface area contributed by atoms with E-state index in [-0.39, 0.29) is 23.6 Å². The monoisotopic (exact) mass is 293 g/mol. The zero-order chi connectivity index (χ0) is 15.3. The minimum atomic E-state index is -1.00. The quantitative estimate of drug-likeness (QED) is 0.568. The van der Waals surface area contributed by atoms with Crippen LogP contribution in [0.15, 0.2) is 0 Å². The van der Waals surface area contributed by atoms with Crippen molar-refractivity contribution in [2.24, 2.45) is 10.8 Å². The Labute approximate surface area is 125 Å². The SMILES string of the molecule is CCN1CC2(C(=O)OC)CCCC3(CCC(=O)CC13)C2=O. The van der Waals surface area contributed by atoms with Gasteiger partial charge in [-0.1, -0.05) is 13.3 Å². The number of likely N-dealkylation sites (tertiary alicyclic amines) is 1. The Bertz CT molecular complexity index is 503. The number of ether oxygens (including phenoxy) is 1. The molecule has 0 aromatic carbocycles. The molecule has 0 amide bonds. The van der Waals surface area contributed by atoms with E-state index in [4.69, 9.17) is 4.74 Å². The summed E-state index contributed by atoms with van der Waals surface area (Å²) in [5.41, 5.74) is -1.51. The van der Waals surface area contributed by atoms with E-state index in [9.17, 15) is 14.4 Å². The fraction of sp³-hybridized carbons (Fsp3) is 0.812. The Hall–Kier alpha value is -1.23. The molecule has 0 radical (unpaired) electrons. The summed E-state index contributed by atoms with van der Waals surface area (Å²) in [5.74, 6) is -0.0938. The number of hydrogen-bond donors (Lipinski definition) is 0. The lowest BCUT2D eigenvalue weighted by Gasteiger charge is -2.59. The summed E-state index contributed by atoms with van der Waals surface area (Å²) in [6.07, 6.45) is 3.78. The van der Waals surface area contributed by atoms with Crippen LogP contribution >= 0.6 is 0 Å². The molecule has 1 saturated heterocycles. The highest BCUT2D eigenvalue weighted by Crippen LogP contribution is 2.56. The van der Waals surface area contributed by atoms with Gasteiger partial charge in [-0.15, -0.1) is 0 Å². The summed E-state index contributed by atoms with van der Waals surface area (Å²) in [7, 11) is 1.36. The van der Waals surface area contributed by atoms with Gasteiger partial charge in [0.15, 0.2) is 5.78 Å². The predicted octanol–water partition coefficient (Wildman–Crippen LogP) is 1.34. The van der Waals surface area contributed by atoms with Gasteiger partial charge >= 0.3 is 5.97 Å². The number of carbonyl (C=O) groups excluding carboxylic acids is 3. The van der Waals surface area contributed by atoms with Crippen molar-refractivity contribution in [2.75, 3.05) is 20.2 Å². The Kier molecular flexibility index (Phi) is 3.43. The summed E-state index contributed by atoms with van der Waals surface area (Å²) < 4.78 is 4.97. The number of nitrogens with zero attached hydrogens (tertiary/aromatic N) is 1. The second-order valence-electron chi connectivity index (χ2n) is 6.73. The zero-order valence-corrected chi connectivity index (χ0v) is 12.8. The number of esters is 1. The van der Waals surface area contributed by atoms with Crippen molar-refractivity contribution in [1.82, 2.24) is 4.90 Å². The number of ketones is 2. The topological polar surface area (TPSA) is 63.7 Å². The van der Waals surface area contributed by atoms with Gasteiger partial charge in [0.05, 0.1) is 7.11 Å². The zero-order valence-electron chi connectivity index (χ0n) is 12.8. The first-order chi connectivity index (χ1) is 10.00. The molecule has 2 saturated carbocycles. The van der Waals surface area contributed by atoms with Crippen molar-refractivity contribution in [1.29, 1.82) is 0 Å². The summed E-state index contributed by atoms with van der Waals surface area (Å²) >= 11 is 0. The van der Waals surface area contributed by atoms with Gasteiger partial charge in [0.1, 0.15) is 11.2 Å². The minimum absolute atomic E-state index is 0.0191. The van der Waals surface area contributed by atoms with Gasteiger partial charge in [-0.3, -0.25) is 19.3 Å². The van der Waals surface area contributed by atoms with Crippen molar-refractivity contribution >= 4 is 17.5 Å². The van der Waals surface area contributed by atoms with Crippen molar-refractivity contribution in [3.8, 4) is 0 Å². The van der Waals surface area contributed by atoms with E-state index in [1.807, 2.05) is 6.92 Å². The Morgan fingerprint density at radius 2 is 2.10 bits per heavy atom. The number of hydrogen-bond acceptors (Lipinski definition) is 5. The van der Waals surface area contributed by atoms with E-state index in [2.05, 4.69) is 4.90 Å². The van der Waals surface area contributed by atoms with Crippen LogP contribution in [-0.2, 0) is 19.1 Å². The van der Waals surface area contributed by atoms with E-state index < -0.39 is 10.8 Å².